The summed E-state index contributed by atoms with van der Waals surface area (Å²) in [6.45, 7) is 2.51. The van der Waals surface area contributed by atoms with Crippen molar-refractivity contribution in [1.29, 1.82) is 0 Å². The second kappa shape index (κ2) is 6.40. The average molecular weight is 282 g/mol. The van der Waals surface area contributed by atoms with Crippen molar-refractivity contribution in [2.45, 2.75) is 19.4 Å². The number of fused-ring (bicyclic) bond motifs is 1. The number of nitrogens with one attached hydrogen (secondary N) is 1. The lowest BCUT2D eigenvalue weighted by molar-refractivity contribution is -0.146. The van der Waals surface area contributed by atoms with Gasteiger partial charge in [-0.25, -0.2) is 0 Å². The van der Waals surface area contributed by atoms with E-state index in [1.165, 1.54) is 6.42 Å². The van der Waals surface area contributed by atoms with E-state index in [1.54, 1.807) is 0 Å². The van der Waals surface area contributed by atoms with Crippen molar-refractivity contribution in [2.75, 3.05) is 13.1 Å². The van der Waals surface area contributed by atoms with Crippen LogP contribution in [0, 0.1) is 17.8 Å². The van der Waals surface area contributed by atoms with Crippen LogP contribution in [-0.4, -0.2) is 19.1 Å². The minimum atomic E-state index is -0.0572. The third-order valence-electron chi connectivity index (χ3n) is 4.07. The van der Waals surface area contributed by atoms with Crippen LogP contribution in [0.15, 0.2) is 30.3 Å². The second-order valence-corrected chi connectivity index (χ2v) is 5.43. The molecule has 104 valence electrons. The summed E-state index contributed by atoms with van der Waals surface area (Å²) in [6.07, 6.45) is 1.87. The van der Waals surface area contributed by atoms with Crippen LogP contribution in [0.25, 0.3) is 0 Å². The highest BCUT2D eigenvalue weighted by Gasteiger charge is 2.45. The maximum absolute atomic E-state index is 11.8. The molecule has 0 bridgehead atoms. The summed E-state index contributed by atoms with van der Waals surface area (Å²) >= 11 is 0. The molecule has 1 aromatic rings. The van der Waals surface area contributed by atoms with E-state index in [0.717, 1.165) is 30.5 Å². The molecule has 0 aromatic heterocycles. The van der Waals surface area contributed by atoms with Crippen molar-refractivity contribution in [2.24, 2.45) is 17.8 Å². The SMILES string of the molecule is Cl.O=C(C[C@H]1CNC[C@@H]2C[C@H]12)OCc1ccccc1. The van der Waals surface area contributed by atoms with Gasteiger partial charge in [-0.2, -0.15) is 0 Å². The number of benzene rings is 1. The van der Waals surface area contributed by atoms with Crippen molar-refractivity contribution in [3.05, 3.63) is 35.9 Å². The van der Waals surface area contributed by atoms with E-state index in [1.807, 2.05) is 30.3 Å². The van der Waals surface area contributed by atoms with E-state index in [9.17, 15) is 4.79 Å². The molecule has 1 saturated heterocycles. The normalized spacial score (nSPS) is 27.9. The van der Waals surface area contributed by atoms with Gasteiger partial charge in [-0.15, -0.1) is 12.4 Å². The summed E-state index contributed by atoms with van der Waals surface area (Å²) in [7, 11) is 0. The molecule has 19 heavy (non-hydrogen) atoms. The Morgan fingerprint density at radius 1 is 1.26 bits per heavy atom. The van der Waals surface area contributed by atoms with Crippen molar-refractivity contribution in [3.8, 4) is 0 Å². The summed E-state index contributed by atoms with van der Waals surface area (Å²) in [5.74, 6) is 2.03. The number of rotatable bonds is 4. The topological polar surface area (TPSA) is 38.3 Å². The summed E-state index contributed by atoms with van der Waals surface area (Å²) < 4.78 is 5.33. The third kappa shape index (κ3) is 3.71. The Morgan fingerprint density at radius 2 is 2.05 bits per heavy atom. The quantitative estimate of drug-likeness (QED) is 0.862. The zero-order chi connectivity index (χ0) is 12.4. The summed E-state index contributed by atoms with van der Waals surface area (Å²) in [4.78, 5) is 11.8. The van der Waals surface area contributed by atoms with Gasteiger partial charge in [-0.05, 0) is 42.8 Å². The van der Waals surface area contributed by atoms with Gasteiger partial charge in [-0.3, -0.25) is 4.79 Å². The van der Waals surface area contributed by atoms with Crippen LogP contribution in [0.3, 0.4) is 0 Å². The Bertz CT molecular complexity index is 423. The number of esters is 1. The number of hydrogen-bond acceptors (Lipinski definition) is 3. The standard InChI is InChI=1S/C15H19NO2.ClH/c17-15(18-10-11-4-2-1-3-5-11)7-13-9-16-8-12-6-14(12)13;/h1-5,12-14,16H,6-10H2;1H/t12-,13-,14-;/m0./s1. The van der Waals surface area contributed by atoms with Gasteiger partial charge >= 0.3 is 5.97 Å². The van der Waals surface area contributed by atoms with Crippen LogP contribution in [-0.2, 0) is 16.1 Å². The molecule has 2 aliphatic rings. The molecule has 1 aliphatic carbocycles. The number of halogens is 1. The Labute approximate surface area is 120 Å². The lowest BCUT2D eigenvalue weighted by Gasteiger charge is -2.21. The molecule has 0 spiro atoms. The Morgan fingerprint density at radius 3 is 2.84 bits per heavy atom. The van der Waals surface area contributed by atoms with Crippen LogP contribution in [0.4, 0.5) is 0 Å². The van der Waals surface area contributed by atoms with E-state index in [-0.39, 0.29) is 18.4 Å². The summed E-state index contributed by atoms with van der Waals surface area (Å²) in [6, 6.07) is 9.84. The van der Waals surface area contributed by atoms with E-state index in [2.05, 4.69) is 5.32 Å². The molecule has 2 fully saturated rings. The van der Waals surface area contributed by atoms with Gasteiger partial charge in [0.25, 0.3) is 0 Å². The zero-order valence-electron chi connectivity index (χ0n) is 10.9. The Kier molecular flexibility index (Phi) is 4.83. The third-order valence-corrected chi connectivity index (χ3v) is 4.07. The molecular formula is C15H20ClNO2. The number of carbonyl (C=O) groups is 1. The van der Waals surface area contributed by atoms with Gasteiger partial charge < -0.3 is 10.1 Å². The molecule has 1 heterocycles. The minimum Gasteiger partial charge on any atom is -0.461 e. The number of carbonyl (C=O) groups excluding carboxylic acids is 1. The van der Waals surface area contributed by atoms with Gasteiger partial charge in [0.05, 0.1) is 0 Å². The number of hydrogen-bond donors (Lipinski definition) is 1. The van der Waals surface area contributed by atoms with Gasteiger partial charge in [0.15, 0.2) is 0 Å². The molecule has 1 aromatic carbocycles. The highest BCUT2D eigenvalue weighted by molar-refractivity contribution is 5.85. The fourth-order valence-electron chi connectivity index (χ4n) is 2.92. The van der Waals surface area contributed by atoms with Crippen LogP contribution in [0.5, 0.6) is 0 Å². The van der Waals surface area contributed by atoms with Crippen LogP contribution < -0.4 is 5.32 Å². The number of ether oxygens (including phenoxy) is 1. The van der Waals surface area contributed by atoms with E-state index < -0.39 is 0 Å². The first-order valence-electron chi connectivity index (χ1n) is 6.73. The van der Waals surface area contributed by atoms with Crippen molar-refractivity contribution < 1.29 is 9.53 Å². The largest absolute Gasteiger partial charge is 0.461 e. The summed E-state index contributed by atoms with van der Waals surface area (Å²) in [5.41, 5.74) is 1.05. The maximum atomic E-state index is 11.8. The first kappa shape index (κ1) is 14.4. The Hall–Kier alpha value is -1.06. The minimum absolute atomic E-state index is 0. The molecule has 1 N–H and O–H groups in total. The predicted molar refractivity (Wildman–Crippen MR) is 76.1 cm³/mol. The lowest BCUT2D eigenvalue weighted by atomic mass is 9.95. The highest BCUT2D eigenvalue weighted by Crippen LogP contribution is 2.47. The molecule has 3 atom stereocenters. The van der Waals surface area contributed by atoms with Crippen molar-refractivity contribution in [3.63, 3.8) is 0 Å². The van der Waals surface area contributed by atoms with Crippen molar-refractivity contribution in [1.82, 2.24) is 5.32 Å². The first-order valence-corrected chi connectivity index (χ1v) is 6.73. The lowest BCUT2D eigenvalue weighted by Crippen LogP contribution is -2.33. The van der Waals surface area contributed by atoms with E-state index in [0.29, 0.717) is 18.9 Å². The highest BCUT2D eigenvalue weighted by atomic mass is 35.5. The molecule has 1 saturated carbocycles. The molecule has 0 radical (unpaired) electrons. The number of piperidine rings is 1. The Balaban J connectivity index is 0.00000133. The molecule has 4 heteroatoms. The molecule has 0 amide bonds. The van der Waals surface area contributed by atoms with Crippen LogP contribution in [0.1, 0.15) is 18.4 Å². The van der Waals surface area contributed by atoms with E-state index >= 15 is 0 Å². The average Bonchev–Trinajstić information content (AvgIpc) is 3.18. The molecule has 3 rings (SSSR count). The van der Waals surface area contributed by atoms with Gasteiger partial charge in [0, 0.05) is 6.42 Å². The molecular weight excluding hydrogens is 262 g/mol. The van der Waals surface area contributed by atoms with Crippen LogP contribution >= 0.6 is 12.4 Å². The van der Waals surface area contributed by atoms with Gasteiger partial charge in [-0.1, -0.05) is 30.3 Å². The second-order valence-electron chi connectivity index (χ2n) is 5.43. The molecule has 1 aliphatic heterocycles. The maximum Gasteiger partial charge on any atom is 0.306 e. The fraction of sp³-hybridized carbons (Fsp3) is 0.533. The van der Waals surface area contributed by atoms with Crippen LogP contribution in [0.2, 0.25) is 0 Å². The molecule has 0 unspecified atom stereocenters. The molecule has 3 nitrogen and oxygen atoms in total. The van der Waals surface area contributed by atoms with Gasteiger partial charge in [0.2, 0.25) is 0 Å². The monoisotopic (exact) mass is 281 g/mol. The van der Waals surface area contributed by atoms with Gasteiger partial charge in [0.1, 0.15) is 6.61 Å². The summed E-state index contributed by atoms with van der Waals surface area (Å²) in [5, 5.41) is 3.40. The fourth-order valence-corrected chi connectivity index (χ4v) is 2.92. The predicted octanol–water partition coefficient (Wildman–Crippen LogP) is 2.40. The first-order chi connectivity index (χ1) is 8.83. The zero-order valence-corrected chi connectivity index (χ0v) is 11.7. The smallest absolute Gasteiger partial charge is 0.306 e. The van der Waals surface area contributed by atoms with Crippen molar-refractivity contribution >= 4 is 18.4 Å². The van der Waals surface area contributed by atoms with E-state index in [4.69, 9.17) is 4.74 Å².